The molecule has 46 heavy (non-hydrogen) atoms. The maximum atomic E-state index is 6.82. The van der Waals surface area contributed by atoms with E-state index in [1.807, 2.05) is 59.2 Å². The molecule has 1 unspecified atom stereocenters. The van der Waals surface area contributed by atoms with Crippen LogP contribution >= 0.6 is 11.6 Å². The first-order chi connectivity index (χ1) is 22.7. The van der Waals surface area contributed by atoms with Gasteiger partial charge in [-0.1, -0.05) is 110 Å². The molecular formula is C37H39ClN4O4. The van der Waals surface area contributed by atoms with Gasteiger partial charge in [-0.15, -0.1) is 0 Å². The van der Waals surface area contributed by atoms with Crippen LogP contribution in [0.5, 0.6) is 0 Å². The summed E-state index contributed by atoms with van der Waals surface area (Å²) in [6.07, 6.45) is 5.64. The monoisotopic (exact) mass is 638 g/mol. The highest BCUT2D eigenvalue weighted by atomic mass is 35.5. The van der Waals surface area contributed by atoms with Crippen LogP contribution in [0.25, 0.3) is 11.2 Å². The van der Waals surface area contributed by atoms with E-state index < -0.39 is 24.5 Å². The molecule has 9 heteroatoms. The summed E-state index contributed by atoms with van der Waals surface area (Å²) >= 11 is 6.58. The lowest BCUT2D eigenvalue weighted by Crippen LogP contribution is -2.38. The Labute approximate surface area is 274 Å². The van der Waals surface area contributed by atoms with Crippen molar-refractivity contribution in [2.75, 3.05) is 6.61 Å². The molecular weight excluding hydrogens is 600 g/mol. The Hall–Kier alpha value is -3.66. The number of imidazole rings is 1. The topological polar surface area (TPSA) is 80.5 Å². The van der Waals surface area contributed by atoms with Gasteiger partial charge in [-0.05, 0) is 41.1 Å². The minimum atomic E-state index is -0.579. The second kappa shape index (κ2) is 14.8. The minimum Gasteiger partial charge on any atom is -0.374 e. The molecule has 1 saturated heterocycles. The van der Waals surface area contributed by atoms with E-state index in [-0.39, 0.29) is 5.28 Å². The summed E-state index contributed by atoms with van der Waals surface area (Å²) < 4.78 is 28.4. The number of aromatic nitrogens is 4. The Morgan fingerprint density at radius 1 is 0.717 bits per heavy atom. The van der Waals surface area contributed by atoms with Crippen molar-refractivity contribution in [3.63, 3.8) is 0 Å². The lowest BCUT2D eigenvalue weighted by atomic mass is 9.86. The highest BCUT2D eigenvalue weighted by Crippen LogP contribution is 2.39. The molecule has 0 N–H and O–H groups in total. The normalized spacial score (nSPS) is 22.0. The van der Waals surface area contributed by atoms with Gasteiger partial charge in [0, 0.05) is 5.92 Å². The smallest absolute Gasteiger partial charge is 0.224 e. The van der Waals surface area contributed by atoms with Crippen molar-refractivity contribution in [2.24, 2.45) is 0 Å². The summed E-state index contributed by atoms with van der Waals surface area (Å²) in [5, 5.41) is 0.217. The molecule has 2 aliphatic rings. The van der Waals surface area contributed by atoms with Crippen LogP contribution in [-0.4, -0.2) is 44.4 Å². The minimum absolute atomic E-state index is 0.217. The van der Waals surface area contributed by atoms with Crippen LogP contribution in [0.2, 0.25) is 5.28 Å². The Bertz CT molecular complexity index is 1680. The number of rotatable bonds is 12. The second-order valence-corrected chi connectivity index (χ2v) is 12.5. The molecule has 3 heterocycles. The second-order valence-electron chi connectivity index (χ2n) is 12.1. The van der Waals surface area contributed by atoms with Crippen LogP contribution in [0, 0.1) is 0 Å². The lowest BCUT2D eigenvalue weighted by molar-refractivity contribution is -0.0913. The van der Waals surface area contributed by atoms with Crippen molar-refractivity contribution < 1.29 is 18.9 Å². The number of ether oxygens (including phenoxy) is 4. The fourth-order valence-corrected chi connectivity index (χ4v) is 6.77. The van der Waals surface area contributed by atoms with Crippen molar-refractivity contribution in [3.05, 3.63) is 125 Å². The van der Waals surface area contributed by atoms with Crippen LogP contribution in [0.3, 0.4) is 0 Å². The molecule has 1 saturated carbocycles. The summed E-state index contributed by atoms with van der Waals surface area (Å²) in [6, 6.07) is 30.4. The van der Waals surface area contributed by atoms with Gasteiger partial charge in [0.1, 0.15) is 23.8 Å². The molecule has 7 rings (SSSR count). The molecule has 2 fully saturated rings. The molecule has 1 aliphatic carbocycles. The van der Waals surface area contributed by atoms with E-state index in [1.165, 1.54) is 19.3 Å². The summed E-state index contributed by atoms with van der Waals surface area (Å²) in [4.78, 5) is 14.2. The summed E-state index contributed by atoms with van der Waals surface area (Å²) in [7, 11) is 0. The fourth-order valence-electron chi connectivity index (χ4n) is 6.60. The fraction of sp³-hybridized carbons (Fsp3) is 0.378. The average molecular weight is 639 g/mol. The first-order valence-corrected chi connectivity index (χ1v) is 16.6. The predicted molar refractivity (Wildman–Crippen MR) is 176 cm³/mol. The molecule has 0 amide bonds. The molecule has 238 valence electrons. The standard InChI is InChI=1S/C37H39ClN4O4/c38-37-40-31(29-19-11-4-12-20-29)32-35(41-37)42(25-39-32)36-34(45-23-28-17-9-3-10-18-28)33(44-22-27-15-7-2-8-16-27)30(46-36)24-43-21-26-13-5-1-6-14-26/h1-3,5-10,13-18,25,29-30,33-34,36H,4,11-12,19-24H2/t30-,33-,34-,36?/m0/s1. The third-order valence-corrected chi connectivity index (χ3v) is 9.11. The summed E-state index contributed by atoms with van der Waals surface area (Å²) in [6.45, 7) is 1.59. The van der Waals surface area contributed by atoms with E-state index in [1.54, 1.807) is 6.33 Å². The largest absolute Gasteiger partial charge is 0.374 e. The number of nitrogens with zero attached hydrogens (tertiary/aromatic N) is 4. The molecule has 5 aromatic rings. The zero-order valence-electron chi connectivity index (χ0n) is 25.8. The summed E-state index contributed by atoms with van der Waals surface area (Å²) in [5.41, 5.74) is 5.57. The van der Waals surface area contributed by atoms with Crippen molar-refractivity contribution in [3.8, 4) is 0 Å². The highest BCUT2D eigenvalue weighted by molar-refractivity contribution is 6.28. The number of hydrogen-bond acceptors (Lipinski definition) is 7. The average Bonchev–Trinajstić information content (AvgIpc) is 3.68. The molecule has 0 spiro atoms. The molecule has 4 atom stereocenters. The van der Waals surface area contributed by atoms with Gasteiger partial charge in [-0.25, -0.2) is 9.97 Å². The van der Waals surface area contributed by atoms with Crippen molar-refractivity contribution in [1.82, 2.24) is 19.5 Å². The molecule has 8 nitrogen and oxygen atoms in total. The summed E-state index contributed by atoms with van der Waals surface area (Å²) in [5.74, 6) is 0.316. The number of hydrogen-bond donors (Lipinski definition) is 0. The van der Waals surface area contributed by atoms with Gasteiger partial charge in [0.25, 0.3) is 0 Å². The zero-order valence-corrected chi connectivity index (χ0v) is 26.5. The van der Waals surface area contributed by atoms with Gasteiger partial charge in [-0.2, -0.15) is 4.98 Å². The van der Waals surface area contributed by atoms with E-state index >= 15 is 0 Å². The van der Waals surface area contributed by atoms with E-state index in [9.17, 15) is 0 Å². The maximum Gasteiger partial charge on any atom is 0.224 e. The Morgan fingerprint density at radius 2 is 1.30 bits per heavy atom. The highest BCUT2D eigenvalue weighted by Gasteiger charge is 2.48. The third kappa shape index (κ3) is 7.17. The number of fused-ring (bicyclic) bond motifs is 1. The van der Waals surface area contributed by atoms with Gasteiger partial charge in [0.15, 0.2) is 11.9 Å². The Kier molecular flexibility index (Phi) is 9.99. The van der Waals surface area contributed by atoms with Crippen LogP contribution in [0.1, 0.15) is 66.6 Å². The van der Waals surface area contributed by atoms with Gasteiger partial charge in [0.2, 0.25) is 5.28 Å². The first kappa shape index (κ1) is 31.0. The Morgan fingerprint density at radius 3 is 1.93 bits per heavy atom. The van der Waals surface area contributed by atoms with Crippen molar-refractivity contribution in [2.45, 2.75) is 82.4 Å². The number of halogens is 1. The Balaban J connectivity index is 1.22. The van der Waals surface area contributed by atoms with E-state index in [4.69, 9.17) is 35.5 Å². The van der Waals surface area contributed by atoms with Crippen molar-refractivity contribution >= 4 is 22.8 Å². The van der Waals surface area contributed by atoms with E-state index in [0.717, 1.165) is 40.7 Å². The lowest BCUT2D eigenvalue weighted by Gasteiger charge is -2.26. The van der Waals surface area contributed by atoms with Gasteiger partial charge >= 0.3 is 0 Å². The first-order valence-electron chi connectivity index (χ1n) is 16.2. The number of benzene rings is 3. The van der Waals surface area contributed by atoms with Gasteiger partial charge in [0.05, 0.1) is 38.4 Å². The zero-order chi connectivity index (χ0) is 31.1. The SMILES string of the molecule is Clc1nc(C2CCCCC2)c2ncn(C3O[C@@H](COCc4ccccc4)[C@H](OCc4ccccc4)[C@@H]3OCc3ccccc3)c2n1. The quantitative estimate of drug-likeness (QED) is 0.129. The van der Waals surface area contributed by atoms with Crippen LogP contribution in [0.15, 0.2) is 97.3 Å². The molecule has 1 aliphatic heterocycles. The molecule has 0 radical (unpaired) electrons. The van der Waals surface area contributed by atoms with Crippen LogP contribution in [-0.2, 0) is 38.8 Å². The maximum absolute atomic E-state index is 6.82. The molecule has 0 bridgehead atoms. The van der Waals surface area contributed by atoms with Crippen LogP contribution < -0.4 is 0 Å². The molecule has 2 aromatic heterocycles. The predicted octanol–water partition coefficient (Wildman–Crippen LogP) is 7.81. The molecule has 3 aromatic carbocycles. The van der Waals surface area contributed by atoms with E-state index in [0.29, 0.717) is 38.0 Å². The van der Waals surface area contributed by atoms with Gasteiger partial charge in [-0.3, -0.25) is 4.57 Å². The third-order valence-electron chi connectivity index (χ3n) is 8.94. The van der Waals surface area contributed by atoms with Crippen molar-refractivity contribution in [1.29, 1.82) is 0 Å². The van der Waals surface area contributed by atoms with Gasteiger partial charge < -0.3 is 18.9 Å². The van der Waals surface area contributed by atoms with E-state index in [2.05, 4.69) is 46.4 Å². The van der Waals surface area contributed by atoms with Crippen LogP contribution in [0.4, 0.5) is 0 Å².